The van der Waals surface area contributed by atoms with Gasteiger partial charge in [-0.15, -0.1) is 0 Å². The minimum Gasteiger partial charge on any atom is -0.321 e. The van der Waals surface area contributed by atoms with Crippen molar-refractivity contribution in [2.24, 2.45) is 0 Å². The lowest BCUT2D eigenvalue weighted by Gasteiger charge is -2.07. The Morgan fingerprint density at radius 2 is 2.00 bits per heavy atom. The highest BCUT2D eigenvalue weighted by Crippen LogP contribution is 2.18. The number of para-hydroxylation sites is 1. The van der Waals surface area contributed by atoms with Gasteiger partial charge in [-0.25, -0.2) is 4.39 Å². The van der Waals surface area contributed by atoms with E-state index >= 15 is 0 Å². The van der Waals surface area contributed by atoms with Gasteiger partial charge in [-0.1, -0.05) is 23.7 Å². The third-order valence-electron chi connectivity index (χ3n) is 2.48. The van der Waals surface area contributed by atoms with E-state index in [-0.39, 0.29) is 10.6 Å². The highest BCUT2D eigenvalue weighted by molar-refractivity contribution is 6.31. The first-order chi connectivity index (χ1) is 9.11. The van der Waals surface area contributed by atoms with Crippen molar-refractivity contribution in [3.05, 3.63) is 64.4 Å². The highest BCUT2D eigenvalue weighted by atomic mass is 35.5. The maximum Gasteiger partial charge on any atom is 0.255 e. The molecule has 5 heteroatoms. The summed E-state index contributed by atoms with van der Waals surface area (Å²) >= 11 is 5.61. The van der Waals surface area contributed by atoms with Crippen molar-refractivity contribution in [3.63, 3.8) is 0 Å². The van der Waals surface area contributed by atoms with Crippen LogP contribution in [0.1, 0.15) is 15.9 Å². The predicted octanol–water partition coefficient (Wildman–Crippen LogP) is 3.60. The molecule has 1 amide bonds. The fourth-order valence-electron chi connectivity index (χ4n) is 1.52. The maximum absolute atomic E-state index is 13.0. The summed E-state index contributed by atoms with van der Waals surface area (Å²) in [5, 5.41) is 11.4. The van der Waals surface area contributed by atoms with Crippen LogP contribution >= 0.6 is 11.6 Å². The molecule has 1 N–H and O–H groups in total. The number of benzene rings is 2. The van der Waals surface area contributed by atoms with Crippen LogP contribution in [0, 0.1) is 17.1 Å². The molecule has 0 spiro atoms. The molecule has 0 aromatic heterocycles. The van der Waals surface area contributed by atoms with E-state index in [2.05, 4.69) is 5.32 Å². The second kappa shape index (κ2) is 5.51. The molecule has 0 aliphatic carbocycles. The van der Waals surface area contributed by atoms with E-state index < -0.39 is 11.7 Å². The monoisotopic (exact) mass is 274 g/mol. The second-order valence-corrected chi connectivity index (χ2v) is 4.15. The van der Waals surface area contributed by atoms with Crippen LogP contribution in [0.3, 0.4) is 0 Å². The Hall–Kier alpha value is -2.38. The topological polar surface area (TPSA) is 52.9 Å². The molecule has 0 atom stereocenters. The molecule has 0 saturated carbocycles. The van der Waals surface area contributed by atoms with E-state index in [1.165, 1.54) is 12.1 Å². The molecule has 2 aromatic carbocycles. The first-order valence-electron chi connectivity index (χ1n) is 5.37. The smallest absolute Gasteiger partial charge is 0.255 e. The number of nitrogens with one attached hydrogen (secondary N) is 1. The number of carbonyl (C=O) groups is 1. The number of anilines is 1. The van der Waals surface area contributed by atoms with E-state index in [1.54, 1.807) is 24.3 Å². The van der Waals surface area contributed by atoms with E-state index in [4.69, 9.17) is 16.9 Å². The van der Waals surface area contributed by atoms with E-state index in [0.29, 0.717) is 11.3 Å². The average Bonchev–Trinajstić information content (AvgIpc) is 2.42. The molecular weight excluding hydrogens is 267 g/mol. The van der Waals surface area contributed by atoms with Gasteiger partial charge < -0.3 is 5.32 Å². The third kappa shape index (κ3) is 2.90. The first kappa shape index (κ1) is 13.1. The molecule has 0 unspecified atom stereocenters. The molecule has 0 heterocycles. The number of nitriles is 1. The van der Waals surface area contributed by atoms with Crippen LogP contribution < -0.4 is 5.32 Å². The maximum atomic E-state index is 13.0. The van der Waals surface area contributed by atoms with Crippen LogP contribution in [0.4, 0.5) is 10.1 Å². The Morgan fingerprint density at radius 1 is 1.26 bits per heavy atom. The Morgan fingerprint density at radius 3 is 2.68 bits per heavy atom. The quantitative estimate of drug-likeness (QED) is 0.909. The summed E-state index contributed by atoms with van der Waals surface area (Å²) in [4.78, 5) is 11.9. The number of amides is 1. The molecule has 2 rings (SSSR count). The molecule has 0 aliphatic heterocycles. The van der Waals surface area contributed by atoms with Crippen LogP contribution in [-0.4, -0.2) is 5.91 Å². The third-order valence-corrected chi connectivity index (χ3v) is 2.77. The van der Waals surface area contributed by atoms with Gasteiger partial charge in [-0.05, 0) is 30.3 Å². The molecule has 94 valence electrons. The molecule has 0 fully saturated rings. The molecule has 0 aliphatic rings. The molecule has 0 saturated heterocycles. The van der Waals surface area contributed by atoms with Crippen LogP contribution in [0.2, 0.25) is 5.02 Å². The number of nitrogens with zero attached hydrogens (tertiary/aromatic N) is 1. The lowest BCUT2D eigenvalue weighted by Crippen LogP contribution is -2.12. The van der Waals surface area contributed by atoms with E-state index in [0.717, 1.165) is 6.07 Å². The zero-order valence-corrected chi connectivity index (χ0v) is 10.4. The number of halogens is 2. The van der Waals surface area contributed by atoms with Gasteiger partial charge in [0.15, 0.2) is 0 Å². The number of carbonyl (C=O) groups excluding carboxylic acids is 1. The highest BCUT2D eigenvalue weighted by Gasteiger charge is 2.10. The summed E-state index contributed by atoms with van der Waals surface area (Å²) in [6.45, 7) is 0. The number of rotatable bonds is 2. The van der Waals surface area contributed by atoms with Crippen molar-refractivity contribution in [1.82, 2.24) is 0 Å². The van der Waals surface area contributed by atoms with Crippen LogP contribution in [-0.2, 0) is 0 Å². The van der Waals surface area contributed by atoms with Gasteiger partial charge in [0.25, 0.3) is 5.91 Å². The van der Waals surface area contributed by atoms with E-state index in [1.807, 2.05) is 6.07 Å². The second-order valence-electron chi connectivity index (χ2n) is 3.74. The summed E-state index contributed by atoms with van der Waals surface area (Å²) in [7, 11) is 0. The van der Waals surface area contributed by atoms with Crippen LogP contribution in [0.15, 0.2) is 42.5 Å². The van der Waals surface area contributed by atoms with Gasteiger partial charge in [0.1, 0.15) is 11.9 Å². The van der Waals surface area contributed by atoms with Crippen molar-refractivity contribution >= 4 is 23.2 Å². The van der Waals surface area contributed by atoms with E-state index in [9.17, 15) is 9.18 Å². The molecule has 0 radical (unpaired) electrons. The summed E-state index contributed by atoms with van der Waals surface area (Å²) in [5.41, 5.74) is 0.971. The minimum absolute atomic E-state index is 0.124. The minimum atomic E-state index is -0.587. The van der Waals surface area contributed by atoms with Gasteiger partial charge >= 0.3 is 0 Å². The molecule has 2 aromatic rings. The fraction of sp³-hybridized carbons (Fsp3) is 0. The van der Waals surface area contributed by atoms with Gasteiger partial charge in [-0.2, -0.15) is 5.26 Å². The zero-order chi connectivity index (χ0) is 13.8. The van der Waals surface area contributed by atoms with Crippen molar-refractivity contribution in [1.29, 1.82) is 5.26 Å². The largest absolute Gasteiger partial charge is 0.321 e. The van der Waals surface area contributed by atoms with Gasteiger partial charge in [0.05, 0.1) is 16.3 Å². The van der Waals surface area contributed by atoms with Crippen molar-refractivity contribution < 1.29 is 9.18 Å². The number of hydrogen-bond acceptors (Lipinski definition) is 2. The van der Waals surface area contributed by atoms with Crippen molar-refractivity contribution in [3.8, 4) is 6.07 Å². The lowest BCUT2D eigenvalue weighted by molar-refractivity contribution is 0.102. The Labute approximate surface area is 114 Å². The molecule has 0 bridgehead atoms. The SMILES string of the molecule is N#Cc1ccccc1NC(=O)c1ccc(F)c(Cl)c1. The first-order valence-corrected chi connectivity index (χ1v) is 5.75. The summed E-state index contributed by atoms with van der Waals surface area (Å²) in [6.07, 6.45) is 0. The van der Waals surface area contributed by atoms with Crippen molar-refractivity contribution in [2.45, 2.75) is 0 Å². The average molecular weight is 275 g/mol. The Kier molecular flexibility index (Phi) is 3.79. The standard InChI is InChI=1S/C14H8ClFN2O/c15-11-7-9(5-6-12(11)16)14(19)18-13-4-2-1-3-10(13)8-17/h1-7H,(H,18,19). The molecule has 3 nitrogen and oxygen atoms in total. The lowest BCUT2D eigenvalue weighted by atomic mass is 10.1. The molecular formula is C14H8ClFN2O. The van der Waals surface area contributed by atoms with Crippen LogP contribution in [0.5, 0.6) is 0 Å². The van der Waals surface area contributed by atoms with Gasteiger partial charge in [0, 0.05) is 5.56 Å². The number of hydrogen-bond donors (Lipinski definition) is 1. The Balaban J connectivity index is 2.26. The van der Waals surface area contributed by atoms with Gasteiger partial charge in [-0.3, -0.25) is 4.79 Å². The Bertz CT molecular complexity index is 679. The summed E-state index contributed by atoms with van der Waals surface area (Å²) in [5.74, 6) is -1.04. The van der Waals surface area contributed by atoms with Gasteiger partial charge in [0.2, 0.25) is 0 Å². The summed E-state index contributed by atoms with van der Waals surface area (Å²) < 4.78 is 13.0. The summed E-state index contributed by atoms with van der Waals surface area (Å²) in [6, 6.07) is 12.3. The zero-order valence-electron chi connectivity index (χ0n) is 9.65. The normalized spacial score (nSPS) is 9.74. The van der Waals surface area contributed by atoms with Crippen molar-refractivity contribution in [2.75, 3.05) is 5.32 Å². The van der Waals surface area contributed by atoms with Crippen LogP contribution in [0.25, 0.3) is 0 Å². The molecule has 19 heavy (non-hydrogen) atoms. The predicted molar refractivity (Wildman–Crippen MR) is 70.5 cm³/mol. The fourth-order valence-corrected chi connectivity index (χ4v) is 1.70.